The third-order valence-corrected chi connectivity index (χ3v) is 4.18. The topological polar surface area (TPSA) is 43.8 Å². The number of imidazole rings is 1. The van der Waals surface area contributed by atoms with Gasteiger partial charge in [0.15, 0.2) is 0 Å². The van der Waals surface area contributed by atoms with Gasteiger partial charge in [0.05, 0.1) is 15.5 Å². The van der Waals surface area contributed by atoms with Crippen LogP contribution in [0.5, 0.6) is 0 Å². The van der Waals surface area contributed by atoms with E-state index in [-0.39, 0.29) is 5.82 Å². The van der Waals surface area contributed by atoms with Crippen LogP contribution >= 0.6 is 15.9 Å². The number of hydrogen-bond donors (Lipinski definition) is 1. The molecule has 2 aromatic rings. The standard InChI is InChI=1S/C13H15BrFN3/c1-7(4-8-2-3-8)18-12-5-9(14)10(15)6-11(12)17-13(18)16/h5-8H,2-4H2,1H3,(H2,16,17). The lowest BCUT2D eigenvalue weighted by Crippen LogP contribution is -2.09. The molecule has 1 atom stereocenters. The lowest BCUT2D eigenvalue weighted by Gasteiger charge is -2.15. The van der Waals surface area contributed by atoms with Crippen molar-refractivity contribution in [1.29, 1.82) is 0 Å². The number of aromatic nitrogens is 2. The normalized spacial score (nSPS) is 17.3. The van der Waals surface area contributed by atoms with Crippen LogP contribution in [0.4, 0.5) is 10.3 Å². The molecule has 5 heteroatoms. The summed E-state index contributed by atoms with van der Waals surface area (Å²) < 4.78 is 15.9. The summed E-state index contributed by atoms with van der Waals surface area (Å²) >= 11 is 3.22. The van der Waals surface area contributed by atoms with E-state index in [0.29, 0.717) is 22.0 Å². The van der Waals surface area contributed by atoms with Gasteiger partial charge in [-0.25, -0.2) is 9.37 Å². The summed E-state index contributed by atoms with van der Waals surface area (Å²) in [6.45, 7) is 2.15. The molecule has 1 saturated carbocycles. The fourth-order valence-corrected chi connectivity index (χ4v) is 2.84. The maximum Gasteiger partial charge on any atom is 0.201 e. The van der Waals surface area contributed by atoms with Crippen LogP contribution in [0.25, 0.3) is 11.0 Å². The van der Waals surface area contributed by atoms with E-state index in [9.17, 15) is 4.39 Å². The van der Waals surface area contributed by atoms with Crippen LogP contribution < -0.4 is 5.73 Å². The molecule has 3 rings (SSSR count). The zero-order valence-electron chi connectivity index (χ0n) is 10.2. The van der Waals surface area contributed by atoms with Gasteiger partial charge in [-0.1, -0.05) is 12.8 Å². The Labute approximate surface area is 113 Å². The van der Waals surface area contributed by atoms with Gasteiger partial charge in [-0.2, -0.15) is 0 Å². The van der Waals surface area contributed by atoms with Crippen LogP contribution in [0.1, 0.15) is 32.2 Å². The molecule has 1 unspecified atom stereocenters. The average Bonchev–Trinajstić information content (AvgIpc) is 3.03. The number of rotatable bonds is 3. The van der Waals surface area contributed by atoms with Crippen molar-refractivity contribution >= 4 is 32.9 Å². The quantitative estimate of drug-likeness (QED) is 0.934. The lowest BCUT2D eigenvalue weighted by molar-refractivity contribution is 0.492. The molecule has 1 aromatic carbocycles. The number of nitrogens with two attached hydrogens (primary N) is 1. The Morgan fingerprint density at radius 3 is 2.94 bits per heavy atom. The predicted octanol–water partition coefficient (Wildman–Crippen LogP) is 3.88. The first-order chi connectivity index (χ1) is 8.56. The highest BCUT2D eigenvalue weighted by atomic mass is 79.9. The van der Waals surface area contributed by atoms with Gasteiger partial charge in [0, 0.05) is 12.1 Å². The molecule has 0 amide bonds. The minimum Gasteiger partial charge on any atom is -0.369 e. The maximum atomic E-state index is 13.5. The molecule has 0 bridgehead atoms. The van der Waals surface area contributed by atoms with Gasteiger partial charge in [0.2, 0.25) is 5.95 Å². The molecule has 0 spiro atoms. The molecule has 0 radical (unpaired) electrons. The predicted molar refractivity (Wildman–Crippen MR) is 73.9 cm³/mol. The van der Waals surface area contributed by atoms with Gasteiger partial charge in [0.25, 0.3) is 0 Å². The van der Waals surface area contributed by atoms with E-state index in [1.807, 2.05) is 4.57 Å². The van der Waals surface area contributed by atoms with Crippen molar-refractivity contribution < 1.29 is 4.39 Å². The van der Waals surface area contributed by atoms with E-state index >= 15 is 0 Å². The number of anilines is 1. The van der Waals surface area contributed by atoms with Crippen LogP contribution in [0.3, 0.4) is 0 Å². The first kappa shape index (κ1) is 12.0. The Kier molecular flexibility index (Phi) is 2.81. The van der Waals surface area contributed by atoms with Gasteiger partial charge in [-0.3, -0.25) is 0 Å². The molecule has 1 heterocycles. The van der Waals surface area contributed by atoms with Gasteiger partial charge in [0.1, 0.15) is 5.82 Å². The van der Waals surface area contributed by atoms with E-state index in [2.05, 4.69) is 27.8 Å². The molecule has 1 fully saturated rings. The molecule has 18 heavy (non-hydrogen) atoms. The lowest BCUT2D eigenvalue weighted by atomic mass is 10.1. The minimum atomic E-state index is -0.304. The van der Waals surface area contributed by atoms with Crippen molar-refractivity contribution in [3.63, 3.8) is 0 Å². The summed E-state index contributed by atoms with van der Waals surface area (Å²) in [7, 11) is 0. The first-order valence-corrected chi connectivity index (χ1v) is 6.98. The minimum absolute atomic E-state index is 0.304. The SMILES string of the molecule is CC(CC1CC1)n1c(N)nc2cc(F)c(Br)cc21. The number of benzene rings is 1. The fraction of sp³-hybridized carbons (Fsp3) is 0.462. The number of nitrogen functional groups attached to an aromatic ring is 1. The van der Waals surface area contributed by atoms with E-state index < -0.39 is 0 Å². The molecular formula is C13H15BrFN3. The second-order valence-corrected chi connectivity index (χ2v) is 5.98. The zero-order chi connectivity index (χ0) is 12.9. The van der Waals surface area contributed by atoms with Crippen molar-refractivity contribution in [3.8, 4) is 0 Å². The summed E-state index contributed by atoms with van der Waals surface area (Å²) in [5, 5.41) is 0. The van der Waals surface area contributed by atoms with Crippen LogP contribution in [-0.2, 0) is 0 Å². The van der Waals surface area contributed by atoms with Gasteiger partial charge < -0.3 is 10.3 Å². The third kappa shape index (κ3) is 2.00. The summed E-state index contributed by atoms with van der Waals surface area (Å²) in [6.07, 6.45) is 3.75. The Balaban J connectivity index is 2.08. The molecule has 0 saturated heterocycles. The highest BCUT2D eigenvalue weighted by molar-refractivity contribution is 9.10. The maximum absolute atomic E-state index is 13.5. The van der Waals surface area contributed by atoms with Gasteiger partial charge >= 0.3 is 0 Å². The third-order valence-electron chi connectivity index (χ3n) is 3.57. The highest BCUT2D eigenvalue weighted by Crippen LogP contribution is 2.38. The number of hydrogen-bond acceptors (Lipinski definition) is 2. The highest BCUT2D eigenvalue weighted by Gasteiger charge is 2.26. The molecular weight excluding hydrogens is 297 g/mol. The fourth-order valence-electron chi connectivity index (χ4n) is 2.51. The van der Waals surface area contributed by atoms with Crippen LogP contribution in [-0.4, -0.2) is 9.55 Å². The van der Waals surface area contributed by atoms with Crippen molar-refractivity contribution in [3.05, 3.63) is 22.4 Å². The number of nitrogens with zero attached hydrogens (tertiary/aromatic N) is 2. The van der Waals surface area contributed by atoms with Crippen molar-refractivity contribution in [2.75, 3.05) is 5.73 Å². The molecule has 1 aliphatic carbocycles. The Morgan fingerprint density at radius 1 is 1.56 bits per heavy atom. The molecule has 1 aliphatic rings. The summed E-state index contributed by atoms with van der Waals surface area (Å²) in [5.41, 5.74) is 7.48. The summed E-state index contributed by atoms with van der Waals surface area (Å²) in [4.78, 5) is 4.24. The second kappa shape index (κ2) is 4.23. The largest absolute Gasteiger partial charge is 0.369 e. The van der Waals surface area contributed by atoms with Crippen LogP contribution in [0, 0.1) is 11.7 Å². The Hall–Kier alpha value is -1.10. The Morgan fingerprint density at radius 2 is 2.28 bits per heavy atom. The molecule has 96 valence electrons. The molecule has 3 nitrogen and oxygen atoms in total. The van der Waals surface area contributed by atoms with E-state index in [0.717, 1.165) is 17.9 Å². The Bertz CT molecular complexity index is 604. The van der Waals surface area contributed by atoms with Crippen molar-refractivity contribution in [1.82, 2.24) is 9.55 Å². The van der Waals surface area contributed by atoms with E-state index in [4.69, 9.17) is 5.73 Å². The van der Waals surface area contributed by atoms with E-state index in [1.165, 1.54) is 18.9 Å². The van der Waals surface area contributed by atoms with Crippen LogP contribution in [0.15, 0.2) is 16.6 Å². The number of fused-ring (bicyclic) bond motifs is 1. The zero-order valence-corrected chi connectivity index (χ0v) is 11.7. The van der Waals surface area contributed by atoms with Gasteiger partial charge in [-0.05, 0) is 41.3 Å². The van der Waals surface area contributed by atoms with E-state index in [1.54, 1.807) is 6.07 Å². The monoisotopic (exact) mass is 311 g/mol. The molecule has 0 aliphatic heterocycles. The van der Waals surface area contributed by atoms with Crippen LogP contribution in [0.2, 0.25) is 0 Å². The summed E-state index contributed by atoms with van der Waals surface area (Å²) in [5.74, 6) is 0.985. The molecule has 2 N–H and O–H groups in total. The second-order valence-electron chi connectivity index (χ2n) is 5.12. The molecule has 1 aromatic heterocycles. The van der Waals surface area contributed by atoms with Gasteiger partial charge in [-0.15, -0.1) is 0 Å². The van der Waals surface area contributed by atoms with Crippen molar-refractivity contribution in [2.24, 2.45) is 5.92 Å². The smallest absolute Gasteiger partial charge is 0.201 e. The average molecular weight is 312 g/mol. The van der Waals surface area contributed by atoms with Crippen molar-refractivity contribution in [2.45, 2.75) is 32.2 Å². The number of halogens is 2. The summed E-state index contributed by atoms with van der Waals surface area (Å²) in [6, 6.07) is 3.49. The first-order valence-electron chi connectivity index (χ1n) is 6.18.